The quantitative estimate of drug-likeness (QED) is 0.750. The number of carbonyl (C=O) groups excluding carboxylic acids is 1. The molecule has 1 fully saturated rings. The van der Waals surface area contributed by atoms with Gasteiger partial charge in [-0.15, -0.1) is 0 Å². The van der Waals surface area contributed by atoms with Crippen LogP contribution in [0.4, 0.5) is 11.4 Å². The lowest BCUT2D eigenvalue weighted by Crippen LogP contribution is -2.30. The smallest absolute Gasteiger partial charge is 0.236 e. The molecule has 1 N–H and O–H groups in total. The molecule has 0 saturated heterocycles. The van der Waals surface area contributed by atoms with E-state index in [1.54, 1.807) is 0 Å². The Balaban J connectivity index is 1.46. The first-order valence-corrected chi connectivity index (χ1v) is 10.4. The van der Waals surface area contributed by atoms with Crippen LogP contribution < -0.4 is 10.2 Å². The first kappa shape index (κ1) is 18.2. The Morgan fingerprint density at radius 2 is 1.70 bits per heavy atom. The summed E-state index contributed by atoms with van der Waals surface area (Å²) in [5, 5.41) is 3.71. The minimum Gasteiger partial charge on any atom is -0.310 e. The number of hydrogen-bond acceptors (Lipinski definition) is 2. The third-order valence-electron chi connectivity index (χ3n) is 6.11. The van der Waals surface area contributed by atoms with E-state index in [1.165, 1.54) is 44.1 Å². The molecule has 2 aromatic rings. The third-order valence-corrected chi connectivity index (χ3v) is 6.11. The second-order valence-corrected chi connectivity index (χ2v) is 8.19. The van der Waals surface area contributed by atoms with E-state index < -0.39 is 0 Å². The van der Waals surface area contributed by atoms with E-state index in [4.69, 9.17) is 0 Å². The summed E-state index contributed by atoms with van der Waals surface area (Å²) in [6.07, 6.45) is 8.75. The van der Waals surface area contributed by atoms with Crippen molar-refractivity contribution < 1.29 is 4.79 Å². The SMILES string of the molecule is CC(CC1CCCCC1)NCc1ccccc1N1C(=O)Cc2ccccc21. The van der Waals surface area contributed by atoms with E-state index in [-0.39, 0.29) is 5.91 Å². The maximum atomic E-state index is 12.7. The summed E-state index contributed by atoms with van der Waals surface area (Å²) in [5.74, 6) is 1.04. The highest BCUT2D eigenvalue weighted by Gasteiger charge is 2.29. The number of benzene rings is 2. The zero-order valence-electron chi connectivity index (χ0n) is 16.3. The van der Waals surface area contributed by atoms with Crippen molar-refractivity contribution in [3.63, 3.8) is 0 Å². The Bertz CT molecular complexity index is 794. The second-order valence-electron chi connectivity index (χ2n) is 8.19. The van der Waals surface area contributed by atoms with Gasteiger partial charge in [0.1, 0.15) is 0 Å². The van der Waals surface area contributed by atoms with Gasteiger partial charge in [-0.25, -0.2) is 0 Å². The van der Waals surface area contributed by atoms with Crippen molar-refractivity contribution in [3.8, 4) is 0 Å². The van der Waals surface area contributed by atoms with Gasteiger partial charge < -0.3 is 5.32 Å². The van der Waals surface area contributed by atoms with E-state index in [0.29, 0.717) is 12.5 Å². The summed E-state index contributed by atoms with van der Waals surface area (Å²) in [6, 6.07) is 16.9. The molecule has 1 heterocycles. The number of fused-ring (bicyclic) bond motifs is 1. The van der Waals surface area contributed by atoms with Gasteiger partial charge in [0, 0.05) is 12.6 Å². The molecule has 0 bridgehead atoms. The Labute approximate surface area is 162 Å². The van der Waals surface area contributed by atoms with Gasteiger partial charge in [-0.05, 0) is 42.5 Å². The van der Waals surface area contributed by atoms with Gasteiger partial charge in [0.05, 0.1) is 17.8 Å². The van der Waals surface area contributed by atoms with Crippen molar-refractivity contribution in [2.24, 2.45) is 5.92 Å². The van der Waals surface area contributed by atoms with Crippen LogP contribution in [0.15, 0.2) is 48.5 Å². The Hall–Kier alpha value is -2.13. The van der Waals surface area contributed by atoms with Crippen molar-refractivity contribution in [1.82, 2.24) is 5.32 Å². The molecule has 1 aliphatic carbocycles. The molecule has 1 saturated carbocycles. The minimum atomic E-state index is 0.166. The summed E-state index contributed by atoms with van der Waals surface area (Å²) in [6.45, 7) is 3.10. The number of amides is 1. The van der Waals surface area contributed by atoms with Gasteiger partial charge in [0.15, 0.2) is 0 Å². The molecule has 0 aromatic heterocycles. The van der Waals surface area contributed by atoms with Crippen LogP contribution in [-0.2, 0) is 17.8 Å². The fraction of sp³-hybridized carbons (Fsp3) is 0.458. The molecule has 3 heteroatoms. The van der Waals surface area contributed by atoms with E-state index in [0.717, 1.165) is 29.4 Å². The summed E-state index contributed by atoms with van der Waals surface area (Å²) in [7, 11) is 0. The average molecular weight is 363 g/mol. The molecule has 0 radical (unpaired) electrons. The fourth-order valence-electron chi connectivity index (χ4n) is 4.69. The molecule has 2 aliphatic rings. The Morgan fingerprint density at radius 3 is 2.52 bits per heavy atom. The van der Waals surface area contributed by atoms with Gasteiger partial charge in [-0.3, -0.25) is 9.69 Å². The maximum absolute atomic E-state index is 12.7. The van der Waals surface area contributed by atoms with Gasteiger partial charge in [0.25, 0.3) is 0 Å². The van der Waals surface area contributed by atoms with Crippen LogP contribution in [-0.4, -0.2) is 11.9 Å². The van der Waals surface area contributed by atoms with Gasteiger partial charge in [-0.2, -0.15) is 0 Å². The molecule has 0 spiro atoms. The lowest BCUT2D eigenvalue weighted by atomic mass is 9.85. The predicted octanol–water partition coefficient (Wildman–Crippen LogP) is 5.36. The first-order chi connectivity index (χ1) is 13.2. The largest absolute Gasteiger partial charge is 0.310 e. The van der Waals surface area contributed by atoms with Gasteiger partial charge >= 0.3 is 0 Å². The number of rotatable bonds is 6. The van der Waals surface area contributed by atoms with Crippen molar-refractivity contribution in [1.29, 1.82) is 0 Å². The number of anilines is 2. The van der Waals surface area contributed by atoms with Crippen LogP contribution >= 0.6 is 0 Å². The molecular weight excluding hydrogens is 332 g/mol. The zero-order valence-corrected chi connectivity index (χ0v) is 16.3. The summed E-state index contributed by atoms with van der Waals surface area (Å²) in [4.78, 5) is 14.6. The molecule has 1 unspecified atom stereocenters. The van der Waals surface area contributed by atoms with Crippen molar-refractivity contribution in [2.45, 2.75) is 64.5 Å². The second kappa shape index (κ2) is 8.26. The van der Waals surface area contributed by atoms with Crippen LogP contribution in [0, 0.1) is 5.92 Å². The van der Waals surface area contributed by atoms with E-state index >= 15 is 0 Å². The van der Waals surface area contributed by atoms with Crippen LogP contribution in [0.3, 0.4) is 0 Å². The van der Waals surface area contributed by atoms with Crippen molar-refractivity contribution in [3.05, 3.63) is 59.7 Å². The number of para-hydroxylation sites is 2. The molecule has 2 aromatic carbocycles. The average Bonchev–Trinajstić information content (AvgIpc) is 3.03. The van der Waals surface area contributed by atoms with E-state index in [1.807, 2.05) is 23.1 Å². The molecule has 27 heavy (non-hydrogen) atoms. The fourth-order valence-corrected chi connectivity index (χ4v) is 4.69. The molecule has 3 nitrogen and oxygen atoms in total. The standard InChI is InChI=1S/C24H30N2O/c1-18(15-19-9-3-2-4-10-19)25-17-21-12-6-8-14-23(21)26-22-13-7-5-11-20(22)16-24(26)27/h5-8,11-14,18-19,25H,2-4,9-10,15-17H2,1H3. The molecular formula is C24H30N2O. The maximum Gasteiger partial charge on any atom is 0.236 e. The Kier molecular flexibility index (Phi) is 5.58. The van der Waals surface area contributed by atoms with Gasteiger partial charge in [-0.1, -0.05) is 68.5 Å². The number of carbonyl (C=O) groups is 1. The predicted molar refractivity (Wildman–Crippen MR) is 111 cm³/mol. The topological polar surface area (TPSA) is 32.3 Å². The summed E-state index contributed by atoms with van der Waals surface area (Å²) in [5.41, 5.74) is 4.36. The Morgan fingerprint density at radius 1 is 1.00 bits per heavy atom. The van der Waals surface area contributed by atoms with Crippen LogP contribution in [0.25, 0.3) is 0 Å². The highest BCUT2D eigenvalue weighted by atomic mass is 16.2. The monoisotopic (exact) mass is 362 g/mol. The zero-order chi connectivity index (χ0) is 18.6. The number of nitrogens with zero attached hydrogens (tertiary/aromatic N) is 1. The van der Waals surface area contributed by atoms with Crippen LogP contribution in [0.5, 0.6) is 0 Å². The summed E-state index contributed by atoms with van der Waals surface area (Å²) < 4.78 is 0. The summed E-state index contributed by atoms with van der Waals surface area (Å²) >= 11 is 0. The molecule has 4 rings (SSSR count). The van der Waals surface area contributed by atoms with E-state index in [9.17, 15) is 4.79 Å². The number of hydrogen-bond donors (Lipinski definition) is 1. The third kappa shape index (κ3) is 4.08. The number of nitrogens with one attached hydrogen (secondary N) is 1. The van der Waals surface area contributed by atoms with Gasteiger partial charge in [0.2, 0.25) is 5.91 Å². The van der Waals surface area contributed by atoms with Crippen molar-refractivity contribution >= 4 is 17.3 Å². The first-order valence-electron chi connectivity index (χ1n) is 10.4. The van der Waals surface area contributed by atoms with Crippen molar-refractivity contribution in [2.75, 3.05) is 4.90 Å². The molecule has 142 valence electrons. The lowest BCUT2D eigenvalue weighted by Gasteiger charge is -2.26. The van der Waals surface area contributed by atoms with E-state index in [2.05, 4.69) is 42.6 Å². The minimum absolute atomic E-state index is 0.166. The van der Waals surface area contributed by atoms with Crippen LogP contribution in [0.1, 0.15) is 56.6 Å². The van der Waals surface area contributed by atoms with Crippen LogP contribution in [0.2, 0.25) is 0 Å². The molecule has 1 atom stereocenters. The lowest BCUT2D eigenvalue weighted by molar-refractivity contribution is -0.116. The molecule has 1 aliphatic heterocycles. The molecule has 1 amide bonds. The highest BCUT2D eigenvalue weighted by Crippen LogP contribution is 2.37. The highest BCUT2D eigenvalue weighted by molar-refractivity contribution is 6.07. The normalized spacial score (nSPS) is 18.6.